The number of ether oxygens (including phenoxy) is 1. The number of benzene rings is 1. The molecule has 1 unspecified atom stereocenters. The minimum absolute atomic E-state index is 0.103. The molecule has 2 aromatic rings. The van der Waals surface area contributed by atoms with E-state index in [1.54, 1.807) is 44.5 Å². The van der Waals surface area contributed by atoms with Crippen molar-refractivity contribution in [3.05, 3.63) is 71.3 Å². The fourth-order valence-corrected chi connectivity index (χ4v) is 3.15. The molecule has 1 aliphatic rings. The van der Waals surface area contributed by atoms with E-state index in [2.05, 4.69) is 4.98 Å². The second-order valence-electron chi connectivity index (χ2n) is 5.94. The molecule has 2 heterocycles. The molecule has 1 amide bonds. The van der Waals surface area contributed by atoms with Gasteiger partial charge in [0, 0.05) is 18.2 Å². The van der Waals surface area contributed by atoms with E-state index >= 15 is 0 Å². The number of carbonyl (C=O) groups is 2. The van der Waals surface area contributed by atoms with Crippen molar-refractivity contribution < 1.29 is 19.4 Å². The fraction of sp³-hybridized carbons (Fsp3) is 0.250. The predicted octanol–water partition coefficient (Wildman–Crippen LogP) is 2.96. The zero-order valence-electron chi connectivity index (χ0n) is 14.7. The van der Waals surface area contributed by atoms with Gasteiger partial charge in [0.25, 0.3) is 5.91 Å². The summed E-state index contributed by atoms with van der Waals surface area (Å²) in [6, 6.07) is 11.9. The normalized spacial score (nSPS) is 16.9. The number of nitrogens with zero attached hydrogens (tertiary/aromatic N) is 2. The molecule has 0 spiro atoms. The number of aliphatic hydroxyl groups is 1. The van der Waals surface area contributed by atoms with Crippen LogP contribution in [0.15, 0.2) is 60.0 Å². The van der Waals surface area contributed by atoms with Crippen LogP contribution >= 0.6 is 0 Å². The molecule has 134 valence electrons. The molecule has 0 aliphatic carbocycles. The maximum Gasteiger partial charge on any atom is 0.290 e. The molecule has 0 saturated carbocycles. The number of aliphatic hydroxyl groups excluding tert-OH is 1. The van der Waals surface area contributed by atoms with Gasteiger partial charge >= 0.3 is 0 Å². The standard InChI is InChI=1S/C20H20N2O4/c1-3-15(23)17-18(14-9-6-7-11-21-14)22(20(25)19(17)24)12-13-8-4-5-10-16(13)26-2/h4-11,18,24H,3,12H2,1-2H3. The van der Waals surface area contributed by atoms with Gasteiger partial charge in [-0.15, -0.1) is 0 Å². The van der Waals surface area contributed by atoms with Crippen molar-refractivity contribution >= 4 is 11.7 Å². The van der Waals surface area contributed by atoms with Gasteiger partial charge in [-0.25, -0.2) is 0 Å². The van der Waals surface area contributed by atoms with Crippen LogP contribution in [-0.2, 0) is 16.1 Å². The van der Waals surface area contributed by atoms with Crippen molar-refractivity contribution in [1.29, 1.82) is 0 Å². The average Bonchev–Trinajstić information content (AvgIpc) is 2.93. The number of carbonyl (C=O) groups excluding carboxylic acids is 2. The number of Topliss-reactive ketones (excluding diaryl/α,β-unsaturated/α-hetero) is 1. The van der Waals surface area contributed by atoms with Crippen molar-refractivity contribution in [3.63, 3.8) is 0 Å². The van der Waals surface area contributed by atoms with Gasteiger partial charge in [0.2, 0.25) is 0 Å². The van der Waals surface area contributed by atoms with E-state index in [9.17, 15) is 14.7 Å². The third-order valence-electron chi connectivity index (χ3n) is 4.43. The Kier molecular flexibility index (Phi) is 5.02. The van der Waals surface area contributed by atoms with Crippen LogP contribution in [0.2, 0.25) is 0 Å². The minimum Gasteiger partial charge on any atom is -0.503 e. The smallest absolute Gasteiger partial charge is 0.290 e. The molecule has 26 heavy (non-hydrogen) atoms. The Morgan fingerprint density at radius 3 is 2.62 bits per heavy atom. The molecule has 0 fully saturated rings. The topological polar surface area (TPSA) is 79.7 Å². The molecule has 0 saturated heterocycles. The number of pyridine rings is 1. The Balaban J connectivity index is 2.06. The zero-order valence-corrected chi connectivity index (χ0v) is 14.7. The quantitative estimate of drug-likeness (QED) is 0.864. The van der Waals surface area contributed by atoms with Crippen molar-refractivity contribution in [1.82, 2.24) is 9.88 Å². The summed E-state index contributed by atoms with van der Waals surface area (Å²) in [5.41, 5.74) is 1.42. The first-order valence-corrected chi connectivity index (χ1v) is 8.38. The number of rotatable bonds is 6. The molecule has 0 bridgehead atoms. The average molecular weight is 352 g/mol. The van der Waals surface area contributed by atoms with E-state index < -0.39 is 17.7 Å². The highest BCUT2D eigenvalue weighted by Crippen LogP contribution is 2.39. The lowest BCUT2D eigenvalue weighted by molar-refractivity contribution is -0.130. The Bertz CT molecular complexity index is 861. The minimum atomic E-state index is -0.721. The molecule has 1 N–H and O–H groups in total. The molecule has 1 aliphatic heterocycles. The predicted molar refractivity (Wildman–Crippen MR) is 95.5 cm³/mol. The highest BCUT2D eigenvalue weighted by molar-refractivity contribution is 6.08. The van der Waals surface area contributed by atoms with Crippen LogP contribution in [0.25, 0.3) is 0 Å². The van der Waals surface area contributed by atoms with Crippen molar-refractivity contribution in [3.8, 4) is 5.75 Å². The molecular weight excluding hydrogens is 332 g/mol. The van der Waals surface area contributed by atoms with Gasteiger partial charge in [0.05, 0.1) is 24.9 Å². The Labute approximate surface area is 151 Å². The van der Waals surface area contributed by atoms with Gasteiger partial charge < -0.3 is 14.7 Å². The number of ketones is 1. The van der Waals surface area contributed by atoms with Crippen LogP contribution < -0.4 is 4.74 Å². The molecule has 1 aromatic carbocycles. The van der Waals surface area contributed by atoms with E-state index in [-0.39, 0.29) is 24.3 Å². The molecule has 0 radical (unpaired) electrons. The first-order chi connectivity index (χ1) is 12.6. The van der Waals surface area contributed by atoms with E-state index in [4.69, 9.17) is 4.74 Å². The van der Waals surface area contributed by atoms with E-state index in [1.807, 2.05) is 18.2 Å². The van der Waals surface area contributed by atoms with E-state index in [0.717, 1.165) is 5.56 Å². The van der Waals surface area contributed by atoms with Gasteiger partial charge in [0.15, 0.2) is 11.5 Å². The number of amides is 1. The number of para-hydroxylation sites is 1. The summed E-state index contributed by atoms with van der Waals surface area (Å²) >= 11 is 0. The third-order valence-corrected chi connectivity index (χ3v) is 4.43. The molecular formula is C20H20N2O4. The second-order valence-corrected chi connectivity index (χ2v) is 5.94. The highest BCUT2D eigenvalue weighted by Gasteiger charge is 2.43. The summed E-state index contributed by atoms with van der Waals surface area (Å²) in [4.78, 5) is 30.9. The first kappa shape index (κ1) is 17.7. The summed E-state index contributed by atoms with van der Waals surface area (Å²) in [5.74, 6) is -0.713. The summed E-state index contributed by atoms with van der Waals surface area (Å²) in [7, 11) is 1.56. The van der Waals surface area contributed by atoms with Gasteiger partial charge in [0.1, 0.15) is 11.8 Å². The van der Waals surface area contributed by atoms with Gasteiger partial charge in [-0.05, 0) is 18.2 Å². The van der Waals surface area contributed by atoms with Gasteiger partial charge in [-0.3, -0.25) is 14.6 Å². The third kappa shape index (κ3) is 3.06. The monoisotopic (exact) mass is 352 g/mol. The number of methoxy groups -OCH3 is 1. The summed E-state index contributed by atoms with van der Waals surface area (Å²) < 4.78 is 5.36. The van der Waals surface area contributed by atoms with Crippen LogP contribution in [-0.4, -0.2) is 33.8 Å². The molecule has 6 heteroatoms. The van der Waals surface area contributed by atoms with Crippen LogP contribution in [0, 0.1) is 0 Å². The van der Waals surface area contributed by atoms with Crippen molar-refractivity contribution in [2.75, 3.05) is 7.11 Å². The fourth-order valence-electron chi connectivity index (χ4n) is 3.15. The lowest BCUT2D eigenvalue weighted by Gasteiger charge is -2.26. The van der Waals surface area contributed by atoms with Crippen molar-refractivity contribution in [2.45, 2.75) is 25.9 Å². The summed E-state index contributed by atoms with van der Waals surface area (Å²) in [5, 5.41) is 10.4. The maximum atomic E-state index is 12.7. The Morgan fingerprint density at radius 2 is 1.96 bits per heavy atom. The largest absolute Gasteiger partial charge is 0.503 e. The molecule has 1 atom stereocenters. The van der Waals surface area contributed by atoms with Gasteiger partial charge in [-0.2, -0.15) is 0 Å². The SMILES string of the molecule is CCC(=O)C1=C(O)C(=O)N(Cc2ccccc2OC)C1c1ccccn1. The number of hydrogen-bond donors (Lipinski definition) is 1. The maximum absolute atomic E-state index is 12.7. The Morgan fingerprint density at radius 1 is 1.23 bits per heavy atom. The zero-order chi connectivity index (χ0) is 18.7. The van der Waals surface area contributed by atoms with Crippen LogP contribution in [0.1, 0.15) is 30.6 Å². The summed E-state index contributed by atoms with van der Waals surface area (Å²) in [6.45, 7) is 1.89. The van der Waals surface area contributed by atoms with Crippen molar-refractivity contribution in [2.24, 2.45) is 0 Å². The van der Waals surface area contributed by atoms with E-state index in [0.29, 0.717) is 11.4 Å². The Hall–Kier alpha value is -3.15. The van der Waals surface area contributed by atoms with Crippen LogP contribution in [0.3, 0.4) is 0 Å². The molecule has 1 aromatic heterocycles. The van der Waals surface area contributed by atoms with Gasteiger partial charge in [-0.1, -0.05) is 31.2 Å². The highest BCUT2D eigenvalue weighted by atomic mass is 16.5. The lowest BCUT2D eigenvalue weighted by atomic mass is 9.98. The molecule has 6 nitrogen and oxygen atoms in total. The number of hydrogen-bond acceptors (Lipinski definition) is 5. The second kappa shape index (κ2) is 7.39. The first-order valence-electron chi connectivity index (χ1n) is 8.38. The molecule has 3 rings (SSSR count). The van der Waals surface area contributed by atoms with Crippen LogP contribution in [0.4, 0.5) is 0 Å². The summed E-state index contributed by atoms with van der Waals surface area (Å²) in [6.07, 6.45) is 1.79. The lowest BCUT2D eigenvalue weighted by Crippen LogP contribution is -2.31. The number of aromatic nitrogens is 1. The van der Waals surface area contributed by atoms with Crippen LogP contribution in [0.5, 0.6) is 5.75 Å². The van der Waals surface area contributed by atoms with E-state index in [1.165, 1.54) is 4.90 Å².